The van der Waals surface area contributed by atoms with Gasteiger partial charge in [0.05, 0.1) is 35.3 Å². The van der Waals surface area contributed by atoms with Crippen LogP contribution in [0.1, 0.15) is 72.6 Å². The van der Waals surface area contributed by atoms with E-state index in [1.807, 2.05) is 61.7 Å². The largest absolute Gasteiger partial charge is 0.490 e. The summed E-state index contributed by atoms with van der Waals surface area (Å²) in [4.78, 5) is 12.1. The highest BCUT2D eigenvalue weighted by atomic mass is 19.4. The molecule has 3 atom stereocenters. The molecule has 6 rings (SSSR count). The molecule has 0 radical (unpaired) electrons. The molecule has 0 amide bonds. The van der Waals surface area contributed by atoms with Crippen LogP contribution < -0.4 is 4.74 Å². The minimum absolute atomic E-state index is 0.0385. The fourth-order valence-electron chi connectivity index (χ4n) is 6.24. The molecule has 1 N–H and O–H groups in total. The molecule has 2 fully saturated rings. The molecule has 2 aromatic heterocycles. The van der Waals surface area contributed by atoms with Crippen molar-refractivity contribution in [3.8, 4) is 22.6 Å². The quantitative estimate of drug-likeness (QED) is 0.248. The summed E-state index contributed by atoms with van der Waals surface area (Å²) in [5.74, 6) is -1.47. The summed E-state index contributed by atoms with van der Waals surface area (Å²) in [7, 11) is 1.80. The smallest absolute Gasteiger partial charge is 0.391 e. The lowest BCUT2D eigenvalue weighted by molar-refractivity contribution is -0.185. The van der Waals surface area contributed by atoms with Crippen LogP contribution in [-0.4, -0.2) is 48.1 Å². The average Bonchev–Trinajstić information content (AvgIpc) is 3.41. The molecule has 11 heteroatoms. The Morgan fingerprint density at radius 2 is 1.76 bits per heavy atom. The van der Waals surface area contributed by atoms with Gasteiger partial charge in [0.2, 0.25) is 0 Å². The maximum absolute atomic E-state index is 13.1. The van der Waals surface area contributed by atoms with Crippen LogP contribution in [0.4, 0.5) is 13.2 Å². The van der Waals surface area contributed by atoms with Crippen LogP contribution in [0.25, 0.3) is 16.8 Å². The fourth-order valence-corrected chi connectivity index (χ4v) is 6.24. The molecule has 220 valence electrons. The Bertz CT molecular complexity index is 1590. The number of carbonyl (C=O) groups is 1. The van der Waals surface area contributed by atoms with Gasteiger partial charge in [-0.05, 0) is 80.3 Å². The molecule has 42 heavy (non-hydrogen) atoms. The zero-order valence-corrected chi connectivity index (χ0v) is 23.3. The number of aromatic nitrogens is 5. The SMILES string of the molecule is C[C@H](Oc1cccc(-c2cccc(-n3ncc(C(=O)O)c3[C@H]3C[C@@H]3c3cn(C)nn3)c2)c1)C1CCC(C(F)(F)F)CC1. The van der Waals surface area contributed by atoms with E-state index in [1.165, 1.54) is 6.20 Å². The topological polar surface area (TPSA) is 95.1 Å². The molecule has 0 bridgehead atoms. The number of rotatable bonds is 8. The Hall–Kier alpha value is -4.15. The molecule has 0 saturated heterocycles. The first-order chi connectivity index (χ1) is 20.1. The van der Waals surface area contributed by atoms with Crippen LogP contribution in [0.2, 0.25) is 0 Å². The second kappa shape index (κ2) is 10.9. The highest BCUT2D eigenvalue weighted by Gasteiger charge is 2.46. The van der Waals surface area contributed by atoms with E-state index in [4.69, 9.17) is 4.74 Å². The average molecular weight is 580 g/mol. The standard InChI is InChI=1S/C31H32F3N5O3/c1-18(19-9-11-22(12-10-19)31(32,33)34)42-24-8-4-6-21(14-24)20-5-3-7-23(13-20)39-29(27(16-35-39)30(40)41)26-15-25(26)28-17-38(2)37-36-28/h3-8,13-14,16-19,22,25-26H,9-12,15H2,1-2H3,(H,40,41)/t18-,19?,22?,25-,26-/m0/s1. The minimum atomic E-state index is -4.12. The summed E-state index contributed by atoms with van der Waals surface area (Å²) in [6.45, 7) is 1.93. The van der Waals surface area contributed by atoms with Gasteiger partial charge in [-0.25, -0.2) is 9.48 Å². The van der Waals surface area contributed by atoms with Crippen molar-refractivity contribution < 1.29 is 27.8 Å². The van der Waals surface area contributed by atoms with Crippen molar-refractivity contribution in [3.63, 3.8) is 0 Å². The Labute approximate surface area is 241 Å². The lowest BCUT2D eigenvalue weighted by atomic mass is 9.79. The Kier molecular flexibility index (Phi) is 7.28. The van der Waals surface area contributed by atoms with Crippen molar-refractivity contribution in [2.75, 3.05) is 0 Å². The first kappa shape index (κ1) is 28.0. The van der Waals surface area contributed by atoms with Crippen LogP contribution in [0.15, 0.2) is 60.9 Å². The van der Waals surface area contributed by atoms with E-state index in [9.17, 15) is 23.1 Å². The van der Waals surface area contributed by atoms with Gasteiger partial charge in [-0.1, -0.05) is 29.5 Å². The molecule has 0 unspecified atom stereocenters. The molecular weight excluding hydrogens is 547 g/mol. The third kappa shape index (κ3) is 5.64. The maximum atomic E-state index is 13.1. The number of nitrogens with zero attached hydrogens (tertiary/aromatic N) is 5. The Balaban J connectivity index is 1.21. The first-order valence-corrected chi connectivity index (χ1v) is 14.2. The van der Waals surface area contributed by atoms with Crippen LogP contribution in [0, 0.1) is 11.8 Å². The fraction of sp³-hybridized carbons (Fsp3) is 0.419. The highest BCUT2D eigenvalue weighted by Crippen LogP contribution is 2.55. The monoisotopic (exact) mass is 579 g/mol. The number of ether oxygens (including phenoxy) is 1. The number of carboxylic acids is 1. The summed E-state index contributed by atoms with van der Waals surface area (Å²) >= 11 is 0. The van der Waals surface area contributed by atoms with Gasteiger partial charge in [0.25, 0.3) is 0 Å². The molecule has 2 aliphatic carbocycles. The Morgan fingerprint density at radius 3 is 2.43 bits per heavy atom. The summed E-state index contributed by atoms with van der Waals surface area (Å²) in [6.07, 6.45) is 0.974. The second-order valence-corrected chi connectivity index (χ2v) is 11.5. The number of aryl methyl sites for hydroxylation is 1. The van der Waals surface area contributed by atoms with Crippen molar-refractivity contribution in [2.45, 2.75) is 63.1 Å². The van der Waals surface area contributed by atoms with E-state index in [2.05, 4.69) is 15.4 Å². The van der Waals surface area contributed by atoms with E-state index < -0.39 is 18.1 Å². The highest BCUT2D eigenvalue weighted by molar-refractivity contribution is 5.89. The molecule has 2 heterocycles. The predicted octanol–water partition coefficient (Wildman–Crippen LogP) is 6.77. The second-order valence-electron chi connectivity index (χ2n) is 11.5. The summed E-state index contributed by atoms with van der Waals surface area (Å²) in [5, 5.41) is 22.6. The Morgan fingerprint density at radius 1 is 1.05 bits per heavy atom. The van der Waals surface area contributed by atoms with Crippen molar-refractivity contribution >= 4 is 5.97 Å². The number of hydrogen-bond donors (Lipinski definition) is 1. The molecule has 2 saturated carbocycles. The van der Waals surface area contributed by atoms with Crippen molar-refractivity contribution in [2.24, 2.45) is 18.9 Å². The number of carboxylic acid groups (broad SMARTS) is 1. The van der Waals surface area contributed by atoms with E-state index >= 15 is 0 Å². The third-order valence-corrected chi connectivity index (χ3v) is 8.66. The lowest BCUT2D eigenvalue weighted by Gasteiger charge is -2.33. The van der Waals surface area contributed by atoms with E-state index in [0.29, 0.717) is 24.3 Å². The molecule has 0 spiro atoms. The molecule has 2 aromatic carbocycles. The number of aromatic carboxylic acids is 1. The number of hydrogen-bond acceptors (Lipinski definition) is 5. The molecule has 4 aromatic rings. The van der Waals surface area contributed by atoms with Crippen LogP contribution in [0.5, 0.6) is 5.75 Å². The number of halogens is 3. The van der Waals surface area contributed by atoms with Crippen molar-refractivity contribution in [1.29, 1.82) is 0 Å². The minimum Gasteiger partial charge on any atom is -0.490 e. The molecular formula is C31H32F3N5O3. The molecule has 2 aliphatic rings. The predicted molar refractivity (Wildman–Crippen MR) is 149 cm³/mol. The number of alkyl halides is 3. The van der Waals surface area contributed by atoms with E-state index in [1.54, 1.807) is 16.4 Å². The first-order valence-electron chi connectivity index (χ1n) is 14.2. The van der Waals surface area contributed by atoms with Crippen LogP contribution >= 0.6 is 0 Å². The van der Waals surface area contributed by atoms with Gasteiger partial charge in [-0.3, -0.25) is 4.68 Å². The van der Waals surface area contributed by atoms with Gasteiger partial charge in [0.15, 0.2) is 0 Å². The van der Waals surface area contributed by atoms with Gasteiger partial charge in [-0.2, -0.15) is 18.3 Å². The molecule has 8 nitrogen and oxygen atoms in total. The van der Waals surface area contributed by atoms with Gasteiger partial charge < -0.3 is 9.84 Å². The summed E-state index contributed by atoms with van der Waals surface area (Å²) in [6, 6.07) is 15.4. The van der Waals surface area contributed by atoms with E-state index in [-0.39, 0.29) is 42.3 Å². The lowest BCUT2D eigenvalue weighted by Crippen LogP contribution is -2.33. The van der Waals surface area contributed by atoms with Crippen LogP contribution in [0.3, 0.4) is 0 Å². The van der Waals surface area contributed by atoms with Crippen molar-refractivity contribution in [3.05, 3.63) is 77.9 Å². The zero-order valence-electron chi connectivity index (χ0n) is 23.3. The van der Waals surface area contributed by atoms with Gasteiger partial charge in [0.1, 0.15) is 11.3 Å². The van der Waals surface area contributed by atoms with Gasteiger partial charge in [-0.15, -0.1) is 5.10 Å². The third-order valence-electron chi connectivity index (χ3n) is 8.66. The van der Waals surface area contributed by atoms with Gasteiger partial charge in [0, 0.05) is 25.1 Å². The normalized spacial score (nSPS) is 23.0. The van der Waals surface area contributed by atoms with Gasteiger partial charge >= 0.3 is 12.1 Å². The summed E-state index contributed by atoms with van der Waals surface area (Å²) < 4.78 is 48.8. The molecule has 0 aliphatic heterocycles. The number of benzene rings is 2. The maximum Gasteiger partial charge on any atom is 0.391 e. The summed E-state index contributed by atoms with van der Waals surface area (Å²) in [5.41, 5.74) is 4.18. The zero-order chi connectivity index (χ0) is 29.6. The van der Waals surface area contributed by atoms with Crippen LogP contribution in [-0.2, 0) is 7.05 Å². The van der Waals surface area contributed by atoms with Crippen molar-refractivity contribution in [1.82, 2.24) is 24.8 Å². The van der Waals surface area contributed by atoms with E-state index in [0.717, 1.165) is 28.9 Å².